The quantitative estimate of drug-likeness (QED) is 0.498. The SMILES string of the molecule is C=CC(=O)N1CCN(C2NC(OC[C@H]3CCCN3C)NC3C[C@]4(CCC32)Cc2cccc(F)c2N(C)C4)C[C@H]1CC#N. The average molecular weight is 580 g/mol. The number of piperazine rings is 1. The summed E-state index contributed by atoms with van der Waals surface area (Å²) in [7, 11) is 4.20. The zero-order valence-corrected chi connectivity index (χ0v) is 25.1. The maximum atomic E-state index is 14.7. The van der Waals surface area contributed by atoms with Gasteiger partial charge in [0, 0.05) is 51.2 Å². The van der Waals surface area contributed by atoms with Gasteiger partial charge in [0.1, 0.15) is 5.82 Å². The number of nitrogens with zero attached hydrogens (tertiary/aromatic N) is 5. The van der Waals surface area contributed by atoms with Crippen LogP contribution in [0.1, 0.15) is 44.1 Å². The number of benzene rings is 1. The summed E-state index contributed by atoms with van der Waals surface area (Å²) in [6, 6.07) is 8.29. The Hall–Kier alpha value is -2.55. The Labute approximate surface area is 249 Å². The van der Waals surface area contributed by atoms with Crippen molar-refractivity contribution in [3.8, 4) is 6.07 Å². The number of rotatable bonds is 6. The van der Waals surface area contributed by atoms with E-state index in [1.165, 1.54) is 12.5 Å². The van der Waals surface area contributed by atoms with Gasteiger partial charge in [-0.15, -0.1) is 0 Å². The van der Waals surface area contributed by atoms with Crippen LogP contribution in [0.4, 0.5) is 10.1 Å². The molecule has 1 saturated carbocycles. The van der Waals surface area contributed by atoms with E-state index in [1.807, 2.05) is 13.1 Å². The van der Waals surface area contributed by atoms with E-state index in [2.05, 4.69) is 51.1 Å². The fourth-order valence-corrected chi connectivity index (χ4v) is 8.64. The normalized spacial score (nSPS) is 35.5. The lowest BCUT2D eigenvalue weighted by Crippen LogP contribution is -2.73. The fourth-order valence-electron chi connectivity index (χ4n) is 8.64. The van der Waals surface area contributed by atoms with Gasteiger partial charge in [-0.25, -0.2) is 4.39 Å². The molecule has 1 aliphatic carbocycles. The number of hydrogen-bond acceptors (Lipinski definition) is 8. The van der Waals surface area contributed by atoms with E-state index in [-0.39, 0.29) is 41.7 Å². The molecule has 0 bridgehead atoms. The summed E-state index contributed by atoms with van der Waals surface area (Å²) in [5.74, 6) is 0.115. The van der Waals surface area contributed by atoms with Gasteiger partial charge in [0.2, 0.25) is 5.91 Å². The number of ether oxygens (including phenoxy) is 1. The number of anilines is 1. The van der Waals surface area contributed by atoms with Crippen LogP contribution in [0, 0.1) is 28.5 Å². The predicted molar refractivity (Wildman–Crippen MR) is 160 cm³/mol. The van der Waals surface area contributed by atoms with Crippen LogP contribution in [0.25, 0.3) is 0 Å². The molecule has 4 unspecified atom stereocenters. The Balaban J connectivity index is 1.22. The highest BCUT2D eigenvalue weighted by molar-refractivity contribution is 5.87. The van der Waals surface area contributed by atoms with Crippen LogP contribution >= 0.6 is 0 Å². The van der Waals surface area contributed by atoms with Crippen molar-refractivity contribution < 1.29 is 13.9 Å². The summed E-state index contributed by atoms with van der Waals surface area (Å²) >= 11 is 0. The second-order valence-corrected chi connectivity index (χ2v) is 13.3. The Morgan fingerprint density at radius 1 is 1.24 bits per heavy atom. The maximum Gasteiger partial charge on any atom is 0.246 e. The minimum Gasteiger partial charge on any atom is -0.371 e. The molecule has 4 heterocycles. The van der Waals surface area contributed by atoms with Gasteiger partial charge in [-0.1, -0.05) is 18.7 Å². The van der Waals surface area contributed by atoms with Crippen molar-refractivity contribution in [1.82, 2.24) is 25.3 Å². The lowest BCUT2D eigenvalue weighted by atomic mass is 9.62. The number of para-hydroxylation sites is 1. The molecule has 10 heteroatoms. The molecule has 1 amide bonds. The Morgan fingerprint density at radius 2 is 2.10 bits per heavy atom. The number of amides is 1. The molecule has 1 spiro atoms. The van der Waals surface area contributed by atoms with Crippen molar-refractivity contribution in [2.75, 3.05) is 58.3 Å². The van der Waals surface area contributed by atoms with E-state index in [4.69, 9.17) is 4.74 Å². The number of halogens is 1. The average Bonchev–Trinajstić information content (AvgIpc) is 3.39. The largest absolute Gasteiger partial charge is 0.371 e. The predicted octanol–water partition coefficient (Wildman–Crippen LogP) is 2.50. The molecule has 6 rings (SSSR count). The third-order valence-electron chi connectivity index (χ3n) is 10.7. The molecular formula is C32H46FN7O2. The summed E-state index contributed by atoms with van der Waals surface area (Å²) in [5, 5.41) is 17.2. The molecule has 0 radical (unpaired) electrons. The monoisotopic (exact) mass is 579 g/mol. The molecular weight excluding hydrogens is 533 g/mol. The first-order valence-electron chi connectivity index (χ1n) is 15.7. The Kier molecular flexibility index (Phi) is 8.58. The number of carbonyl (C=O) groups is 1. The van der Waals surface area contributed by atoms with Crippen molar-refractivity contribution in [2.24, 2.45) is 11.3 Å². The van der Waals surface area contributed by atoms with Crippen LogP contribution in [-0.2, 0) is 16.0 Å². The molecule has 0 aromatic heterocycles. The van der Waals surface area contributed by atoms with E-state index in [0.717, 1.165) is 63.0 Å². The summed E-state index contributed by atoms with van der Waals surface area (Å²) < 4.78 is 21.3. The highest BCUT2D eigenvalue weighted by Gasteiger charge is 2.51. The molecule has 2 N–H and O–H groups in total. The van der Waals surface area contributed by atoms with Gasteiger partial charge in [0.15, 0.2) is 6.35 Å². The van der Waals surface area contributed by atoms with Crippen LogP contribution in [0.2, 0.25) is 0 Å². The smallest absolute Gasteiger partial charge is 0.246 e. The van der Waals surface area contributed by atoms with Crippen molar-refractivity contribution >= 4 is 11.6 Å². The molecule has 4 aliphatic heterocycles. The molecule has 1 aromatic carbocycles. The molecule has 9 nitrogen and oxygen atoms in total. The summed E-state index contributed by atoms with van der Waals surface area (Å²) in [6.07, 6.45) is 7.80. The number of nitrogens with one attached hydrogen (secondary N) is 2. The van der Waals surface area contributed by atoms with Gasteiger partial charge >= 0.3 is 0 Å². The first kappa shape index (κ1) is 29.5. The Morgan fingerprint density at radius 3 is 2.86 bits per heavy atom. The molecule has 4 fully saturated rings. The highest BCUT2D eigenvalue weighted by Crippen LogP contribution is 2.49. The van der Waals surface area contributed by atoms with Crippen LogP contribution in [0.15, 0.2) is 30.9 Å². The van der Waals surface area contributed by atoms with Gasteiger partial charge < -0.3 is 19.4 Å². The van der Waals surface area contributed by atoms with Crippen molar-refractivity contribution in [1.29, 1.82) is 5.26 Å². The second kappa shape index (κ2) is 12.2. The molecule has 3 saturated heterocycles. The molecule has 7 atom stereocenters. The number of likely N-dealkylation sites (tertiary alicyclic amines) is 1. The zero-order chi connectivity index (χ0) is 29.4. The van der Waals surface area contributed by atoms with Crippen LogP contribution in [0.3, 0.4) is 0 Å². The minimum atomic E-state index is -0.284. The molecule has 42 heavy (non-hydrogen) atoms. The number of carbonyl (C=O) groups excluding carboxylic acids is 1. The van der Waals surface area contributed by atoms with Gasteiger partial charge in [-0.3, -0.25) is 20.3 Å². The van der Waals surface area contributed by atoms with Crippen molar-refractivity contribution in [3.05, 3.63) is 42.2 Å². The summed E-state index contributed by atoms with van der Waals surface area (Å²) in [4.78, 5) is 21.3. The van der Waals surface area contributed by atoms with E-state index < -0.39 is 0 Å². The lowest BCUT2D eigenvalue weighted by Gasteiger charge is -2.57. The van der Waals surface area contributed by atoms with Crippen LogP contribution in [-0.4, -0.2) is 105 Å². The van der Waals surface area contributed by atoms with Crippen LogP contribution < -0.4 is 15.5 Å². The van der Waals surface area contributed by atoms with E-state index >= 15 is 0 Å². The first-order valence-corrected chi connectivity index (χ1v) is 15.7. The first-order chi connectivity index (χ1) is 20.3. The summed E-state index contributed by atoms with van der Waals surface area (Å²) in [5.41, 5.74) is 1.92. The lowest BCUT2D eigenvalue weighted by molar-refractivity contribution is -0.137. The van der Waals surface area contributed by atoms with Gasteiger partial charge in [0.05, 0.1) is 37.0 Å². The van der Waals surface area contributed by atoms with Crippen molar-refractivity contribution in [3.63, 3.8) is 0 Å². The molecule has 5 aliphatic rings. The van der Waals surface area contributed by atoms with Crippen molar-refractivity contribution in [2.45, 2.75) is 75.6 Å². The number of fused-ring (bicyclic) bond motifs is 2. The van der Waals surface area contributed by atoms with E-state index in [1.54, 1.807) is 11.0 Å². The number of hydrogen-bond donors (Lipinski definition) is 2. The zero-order valence-electron chi connectivity index (χ0n) is 25.1. The molecule has 228 valence electrons. The number of nitriles is 1. The van der Waals surface area contributed by atoms with Gasteiger partial charge in [-0.05, 0) is 75.2 Å². The third-order valence-corrected chi connectivity index (χ3v) is 10.7. The Bertz CT molecular complexity index is 1210. The van der Waals surface area contributed by atoms with Gasteiger partial charge in [-0.2, -0.15) is 5.26 Å². The summed E-state index contributed by atoms with van der Waals surface area (Å²) in [6.45, 7) is 8.26. The maximum absolute atomic E-state index is 14.7. The van der Waals surface area contributed by atoms with E-state index in [9.17, 15) is 14.4 Å². The fraction of sp³-hybridized carbons (Fsp3) is 0.688. The van der Waals surface area contributed by atoms with E-state index in [0.29, 0.717) is 38.1 Å². The highest BCUT2D eigenvalue weighted by atomic mass is 19.1. The van der Waals surface area contributed by atoms with Crippen LogP contribution in [0.5, 0.6) is 0 Å². The van der Waals surface area contributed by atoms with Gasteiger partial charge in [0.25, 0.3) is 0 Å². The minimum absolute atomic E-state index is 0.0697. The standard InChI is InChI=1S/C32H46FN7O2/c1-4-28(41)40-16-15-39(19-23(40)11-13-34)30-25-10-12-32(17-22-7-5-9-26(33)29(22)38(3)21-32)18-27(25)35-31(36-30)42-20-24-8-6-14-37(24)2/h4-5,7,9,23-25,27,30-31,35-36H,1,6,8,10-12,14-21H2,2-3H3/t23-,24-,25?,27?,30?,31?,32+/m1/s1. The molecule has 1 aromatic rings. The third kappa shape index (κ3) is 5.70. The topological polar surface area (TPSA) is 87.1 Å². The second-order valence-electron chi connectivity index (χ2n) is 13.3. The number of likely N-dealkylation sites (N-methyl/N-ethyl adjacent to an activating group) is 1.